The summed E-state index contributed by atoms with van der Waals surface area (Å²) < 4.78 is 82.2. The van der Waals surface area contributed by atoms with Crippen molar-refractivity contribution in [3.8, 4) is 0 Å². The van der Waals surface area contributed by atoms with Crippen molar-refractivity contribution in [1.29, 1.82) is 0 Å². The van der Waals surface area contributed by atoms with Gasteiger partial charge in [-0.25, -0.2) is 8.62 Å². The van der Waals surface area contributed by atoms with Gasteiger partial charge in [-0.2, -0.15) is 0 Å². The van der Waals surface area contributed by atoms with Crippen molar-refractivity contribution in [1.82, 2.24) is 9.80 Å². The first-order valence-electron chi connectivity index (χ1n) is 7.15. The van der Waals surface area contributed by atoms with Crippen LogP contribution in [0.2, 0.25) is 0 Å². The Hall–Kier alpha value is 0.940. The van der Waals surface area contributed by atoms with E-state index in [9.17, 15) is 56.8 Å². The number of nitrogens with zero attached hydrogens (tertiary/aromatic N) is 2. The quantitative estimate of drug-likeness (QED) is 0.301. The van der Waals surface area contributed by atoms with Gasteiger partial charge < -0.3 is 38.5 Å². The van der Waals surface area contributed by atoms with Crippen LogP contribution in [0.25, 0.3) is 0 Å². The third kappa shape index (κ3) is 8.77. The molecule has 2 aliphatic rings. The van der Waals surface area contributed by atoms with E-state index in [4.69, 9.17) is 0 Å². The van der Waals surface area contributed by atoms with Crippen LogP contribution in [0.3, 0.4) is 0 Å². The maximum Gasteiger partial charge on any atom is 0.349 e. The fourth-order valence-corrected chi connectivity index (χ4v) is 13.6. The molecule has 0 amide bonds. The second-order valence-corrected chi connectivity index (χ2v) is 17.4. The van der Waals surface area contributed by atoms with Crippen molar-refractivity contribution < 1.29 is 69.7 Å². The molecule has 2 saturated heterocycles. The zero-order chi connectivity index (χ0) is 22.5. The summed E-state index contributed by atoms with van der Waals surface area (Å²) >= 11 is 0. The number of hydrogen-bond donors (Lipinski definition) is 4. The van der Waals surface area contributed by atoms with Crippen LogP contribution < -0.4 is 9.79 Å². The van der Waals surface area contributed by atoms with Gasteiger partial charge in [0.2, 0.25) is 0 Å². The summed E-state index contributed by atoms with van der Waals surface area (Å²) in [5, 5.41) is 0. The van der Waals surface area contributed by atoms with Crippen molar-refractivity contribution in [2.24, 2.45) is 0 Å². The topological polar surface area (TPSA) is 264 Å². The predicted octanol–water partition coefficient (Wildman–Crippen LogP) is -0.739. The molecule has 23 heteroatoms. The Labute approximate surface area is 163 Å². The molecule has 0 aromatic heterocycles. The van der Waals surface area contributed by atoms with E-state index >= 15 is 0 Å². The molecule has 172 valence electrons. The van der Waals surface area contributed by atoms with Gasteiger partial charge in [-0.15, -0.1) is 0 Å². The largest absolute Gasteiger partial charge is 0.777 e. The van der Waals surface area contributed by atoms with E-state index in [2.05, 4.69) is 12.9 Å². The van der Waals surface area contributed by atoms with Crippen LogP contribution in [0.15, 0.2) is 0 Å². The van der Waals surface area contributed by atoms with Crippen LogP contribution in [0, 0.1) is 0 Å². The van der Waals surface area contributed by atoms with Crippen LogP contribution >= 0.6 is 45.6 Å². The van der Waals surface area contributed by atoms with Crippen LogP contribution in [-0.2, 0) is 40.3 Å². The third-order valence-electron chi connectivity index (χ3n) is 3.02. The highest BCUT2D eigenvalue weighted by Crippen LogP contribution is 2.66. The van der Waals surface area contributed by atoms with Crippen molar-refractivity contribution in [2.45, 2.75) is 0 Å². The van der Waals surface area contributed by atoms with Crippen LogP contribution in [0.4, 0.5) is 0 Å². The number of rotatable bonds is 6. The van der Waals surface area contributed by atoms with E-state index in [0.717, 1.165) is 0 Å². The second-order valence-electron chi connectivity index (χ2n) is 6.21. The van der Waals surface area contributed by atoms with Gasteiger partial charge in [0.1, 0.15) is 25.1 Å². The van der Waals surface area contributed by atoms with Gasteiger partial charge in [-0.3, -0.25) is 32.4 Å². The van der Waals surface area contributed by atoms with Crippen LogP contribution in [0.1, 0.15) is 0 Å². The Balaban J connectivity index is 2.06. The SMILES string of the molecule is O=P([O-])(CN1CP(=O)(O)OP(=O)(O)C1)OP(=O)([O-])CN1CP(=O)(O)OP(=O)(O)C1. The molecule has 0 aliphatic carbocycles. The van der Waals surface area contributed by atoms with E-state index < -0.39 is 83.3 Å². The van der Waals surface area contributed by atoms with Gasteiger partial charge in [-0.1, -0.05) is 0 Å². The van der Waals surface area contributed by atoms with Crippen molar-refractivity contribution >= 4 is 45.6 Å². The minimum atomic E-state index is -5.37. The summed E-state index contributed by atoms with van der Waals surface area (Å²) in [5.74, 6) is 0. The summed E-state index contributed by atoms with van der Waals surface area (Å²) in [6.07, 6.45) is -6.69. The fourth-order valence-electron chi connectivity index (χ4n) is 2.51. The predicted molar refractivity (Wildman–Crippen MR) is 90.6 cm³/mol. The van der Waals surface area contributed by atoms with Gasteiger partial charge in [-0.05, 0) is 0 Å². The van der Waals surface area contributed by atoms with Crippen molar-refractivity contribution in [2.75, 3.05) is 37.7 Å². The molecule has 6 atom stereocenters. The summed E-state index contributed by atoms with van der Waals surface area (Å²) in [7, 11) is -29.3. The lowest BCUT2D eigenvalue weighted by molar-refractivity contribution is -0.215. The lowest BCUT2D eigenvalue weighted by Gasteiger charge is -2.40. The molecular weight excluding hydrogens is 526 g/mol. The summed E-state index contributed by atoms with van der Waals surface area (Å²) in [5.41, 5.74) is 0. The highest BCUT2D eigenvalue weighted by atomic mass is 31.3. The zero-order valence-electron chi connectivity index (χ0n) is 14.1. The Bertz CT molecular complexity index is 826. The molecule has 17 nitrogen and oxygen atoms in total. The lowest BCUT2D eigenvalue weighted by atomic mass is 11.0. The summed E-state index contributed by atoms with van der Waals surface area (Å²) in [6, 6.07) is 0. The molecular formula is C6H16N2O15P6-2. The Morgan fingerprint density at radius 1 is 0.724 bits per heavy atom. The third-order valence-corrected chi connectivity index (χ3v) is 13.6. The monoisotopic (exact) mass is 542 g/mol. The highest BCUT2D eigenvalue weighted by Gasteiger charge is 2.44. The molecule has 0 aromatic rings. The first-order chi connectivity index (χ1) is 12.7. The second kappa shape index (κ2) is 8.37. The Kier molecular flexibility index (Phi) is 7.56. The number of hydrogen-bond acceptors (Lipinski definition) is 13. The molecule has 2 rings (SSSR count). The summed E-state index contributed by atoms with van der Waals surface area (Å²) in [6.45, 7) is 0. The Morgan fingerprint density at radius 2 is 0.966 bits per heavy atom. The van der Waals surface area contributed by atoms with Crippen LogP contribution in [-0.4, -0.2) is 67.1 Å². The van der Waals surface area contributed by atoms with Crippen molar-refractivity contribution in [3.05, 3.63) is 0 Å². The maximum absolute atomic E-state index is 12.0. The molecule has 2 fully saturated rings. The summed E-state index contributed by atoms with van der Waals surface area (Å²) in [4.78, 5) is 62.2. The minimum absolute atomic E-state index is 0.470. The van der Waals surface area contributed by atoms with E-state index in [0.29, 0.717) is 9.80 Å². The lowest BCUT2D eigenvalue weighted by Crippen LogP contribution is -2.35. The molecule has 2 heterocycles. The highest BCUT2D eigenvalue weighted by molar-refractivity contribution is 7.68. The first-order valence-corrected chi connectivity index (χ1v) is 17.7. The van der Waals surface area contributed by atoms with Gasteiger partial charge >= 0.3 is 30.4 Å². The zero-order valence-corrected chi connectivity index (χ0v) is 19.5. The molecule has 6 unspecified atom stereocenters. The van der Waals surface area contributed by atoms with E-state index in [1.165, 1.54) is 0 Å². The smallest absolute Gasteiger partial charge is 0.349 e. The average Bonchev–Trinajstić information content (AvgIpc) is 2.25. The normalized spacial score (nSPS) is 44.1. The molecule has 0 bridgehead atoms. The molecule has 2 aliphatic heterocycles. The minimum Gasteiger partial charge on any atom is -0.777 e. The van der Waals surface area contributed by atoms with Gasteiger partial charge in [0, 0.05) is 0 Å². The van der Waals surface area contributed by atoms with Gasteiger partial charge in [0.25, 0.3) is 0 Å². The van der Waals surface area contributed by atoms with Gasteiger partial charge in [0.15, 0.2) is 15.2 Å². The fraction of sp³-hybridized carbons (Fsp3) is 1.00. The van der Waals surface area contributed by atoms with E-state index in [1.807, 2.05) is 0 Å². The Morgan fingerprint density at radius 3 is 1.21 bits per heavy atom. The van der Waals surface area contributed by atoms with E-state index in [1.54, 1.807) is 0 Å². The van der Waals surface area contributed by atoms with Gasteiger partial charge in [0.05, 0.1) is 12.6 Å². The molecule has 29 heavy (non-hydrogen) atoms. The van der Waals surface area contributed by atoms with Crippen molar-refractivity contribution in [3.63, 3.8) is 0 Å². The molecule has 0 spiro atoms. The maximum atomic E-state index is 12.0. The average molecular weight is 542 g/mol. The van der Waals surface area contributed by atoms with E-state index in [-0.39, 0.29) is 0 Å². The molecule has 0 saturated carbocycles. The first kappa shape index (κ1) is 26.2. The van der Waals surface area contributed by atoms with Crippen LogP contribution in [0.5, 0.6) is 0 Å². The standard InChI is InChI=1S/C6H18N2O15P6/c9-24(10)1-7(2-25(11,12)21-24)5-28(17,18)23-29(19,20)6-8-3-26(13,14)22-27(15,16)4-8/h1-6H2,(H,9,10)(H,11,12)(H,13,14)(H,15,16)(H,17,18)(H,19,20)/p-2. The molecule has 0 aromatic carbocycles. The molecule has 4 N–H and O–H groups in total. The molecule has 0 radical (unpaired) electrons.